The summed E-state index contributed by atoms with van der Waals surface area (Å²) in [5.41, 5.74) is -7.97. The first-order valence-electron chi connectivity index (χ1n) is 13.5. The lowest BCUT2D eigenvalue weighted by atomic mass is 9.76. The molecule has 0 spiro atoms. The Morgan fingerprint density at radius 2 is 1.55 bits per heavy atom. The highest BCUT2D eigenvalue weighted by Gasteiger charge is 2.74. The predicted octanol–water partition coefficient (Wildman–Crippen LogP) is 5.53. The fourth-order valence-corrected chi connectivity index (χ4v) is 8.96. The maximum Gasteiger partial charge on any atom is 0.435 e. The van der Waals surface area contributed by atoms with Gasteiger partial charge >= 0.3 is 24.0 Å². The van der Waals surface area contributed by atoms with Crippen LogP contribution in [0.3, 0.4) is 0 Å². The summed E-state index contributed by atoms with van der Waals surface area (Å²) in [6.07, 6.45) is -12.6. The van der Waals surface area contributed by atoms with Gasteiger partial charge in [-0.15, -0.1) is 0 Å². The van der Waals surface area contributed by atoms with Crippen LogP contribution in [0.2, 0.25) is 0 Å². The minimum atomic E-state index is -6.42. The Morgan fingerprint density at radius 3 is 2.11 bits per heavy atom. The normalized spacial score (nSPS) is 26.0. The molecule has 2 fully saturated rings. The fraction of sp³-hybridized carbons (Fsp3) is 0.500. The summed E-state index contributed by atoms with van der Waals surface area (Å²) >= 11 is 0. The molecule has 1 saturated carbocycles. The van der Waals surface area contributed by atoms with Crippen LogP contribution in [-0.2, 0) is 29.8 Å². The predicted molar refractivity (Wildman–Crippen MR) is 135 cm³/mol. The van der Waals surface area contributed by atoms with Crippen molar-refractivity contribution >= 4 is 21.7 Å². The molecule has 5 rings (SSSR count). The number of sulfone groups is 1. The van der Waals surface area contributed by atoms with Crippen molar-refractivity contribution < 1.29 is 63.0 Å². The van der Waals surface area contributed by atoms with Crippen LogP contribution < -0.4 is 4.74 Å². The van der Waals surface area contributed by atoms with E-state index in [9.17, 15) is 58.2 Å². The number of carbonyl (C=O) groups is 2. The van der Waals surface area contributed by atoms with Crippen molar-refractivity contribution in [3.05, 3.63) is 59.4 Å². The maximum absolute atomic E-state index is 14.9. The standard InChI is InChI=1S/C28H25F8NO6S/c29-19-4-6-20(7-5-19)44(41,42)25-9-10-37(23(38)15-1-2-16(11-15)24(39)40)13-18(25)14-43-22-12-17(3-8-21(22)25)26(30,27(31,32)33)28(34,35)36/h3-8,12,15-16,18H,1-2,9-11,13-14H2,(H,39,40). The SMILES string of the molecule is O=C(O)C1CCC(C(=O)N2CCC3(S(=O)(=O)c4ccc(F)cc4)c4ccc(C(F)(C(F)(F)F)C(F)(F)F)cc4OCC3C2)C1. The molecule has 1 saturated heterocycles. The molecule has 1 aliphatic carbocycles. The highest BCUT2D eigenvalue weighted by molar-refractivity contribution is 7.92. The molecule has 2 aromatic rings. The van der Waals surface area contributed by atoms with Crippen LogP contribution in [0.25, 0.3) is 0 Å². The highest BCUT2D eigenvalue weighted by Crippen LogP contribution is 2.57. The van der Waals surface area contributed by atoms with Gasteiger partial charge in [0.15, 0.2) is 9.84 Å². The summed E-state index contributed by atoms with van der Waals surface area (Å²) in [7, 11) is -4.61. The molecule has 2 aliphatic heterocycles. The minimum Gasteiger partial charge on any atom is -0.493 e. The summed E-state index contributed by atoms with van der Waals surface area (Å²) in [6.45, 7) is -1.06. The van der Waals surface area contributed by atoms with E-state index in [2.05, 4.69) is 0 Å². The summed E-state index contributed by atoms with van der Waals surface area (Å²) in [6, 6.07) is 4.72. The lowest BCUT2D eigenvalue weighted by Gasteiger charge is -2.50. The quantitative estimate of drug-likeness (QED) is 0.336. The first kappa shape index (κ1) is 32.0. The number of carboxylic acid groups (broad SMARTS) is 1. The van der Waals surface area contributed by atoms with E-state index >= 15 is 0 Å². The molecule has 2 aromatic carbocycles. The number of ether oxygens (including phenoxy) is 1. The molecule has 240 valence electrons. The van der Waals surface area contributed by atoms with Gasteiger partial charge in [0, 0.05) is 36.1 Å². The molecule has 16 heteroatoms. The molecule has 4 atom stereocenters. The first-order valence-corrected chi connectivity index (χ1v) is 14.9. The molecule has 0 radical (unpaired) electrons. The van der Waals surface area contributed by atoms with E-state index in [1.165, 1.54) is 4.90 Å². The number of carbonyl (C=O) groups excluding carboxylic acids is 1. The lowest BCUT2D eigenvalue weighted by Crippen LogP contribution is -2.59. The number of hydrogen-bond acceptors (Lipinski definition) is 5. The van der Waals surface area contributed by atoms with E-state index in [1.807, 2.05) is 0 Å². The Kier molecular flexibility index (Phi) is 7.69. The van der Waals surface area contributed by atoms with Crippen molar-refractivity contribution in [3.63, 3.8) is 0 Å². The zero-order valence-electron chi connectivity index (χ0n) is 22.6. The number of nitrogens with zero attached hydrogens (tertiary/aromatic N) is 1. The van der Waals surface area contributed by atoms with E-state index in [0.717, 1.165) is 24.3 Å². The second kappa shape index (κ2) is 10.6. The van der Waals surface area contributed by atoms with Crippen molar-refractivity contribution in [1.82, 2.24) is 4.90 Å². The first-order chi connectivity index (χ1) is 20.3. The molecule has 0 aromatic heterocycles. The second-order valence-corrected chi connectivity index (χ2v) is 13.5. The number of amides is 1. The number of fused-ring (bicyclic) bond motifs is 3. The van der Waals surface area contributed by atoms with Crippen molar-refractivity contribution in [2.24, 2.45) is 17.8 Å². The molecule has 1 amide bonds. The number of alkyl halides is 7. The summed E-state index contributed by atoms with van der Waals surface area (Å²) < 4.78 is 142. The molecular weight excluding hydrogens is 630 g/mol. The van der Waals surface area contributed by atoms with Crippen LogP contribution in [0, 0.1) is 23.6 Å². The number of halogens is 8. The Morgan fingerprint density at radius 1 is 0.932 bits per heavy atom. The van der Waals surface area contributed by atoms with E-state index in [1.54, 1.807) is 0 Å². The van der Waals surface area contributed by atoms with Crippen molar-refractivity contribution in [1.29, 1.82) is 0 Å². The number of benzene rings is 2. The second-order valence-electron chi connectivity index (χ2n) is 11.3. The van der Waals surface area contributed by atoms with Crippen LogP contribution in [0.1, 0.15) is 36.8 Å². The van der Waals surface area contributed by atoms with Crippen LogP contribution in [0.4, 0.5) is 35.1 Å². The van der Waals surface area contributed by atoms with Gasteiger partial charge in [-0.25, -0.2) is 17.2 Å². The third-order valence-electron chi connectivity index (χ3n) is 8.96. The Hall–Kier alpha value is -3.43. The monoisotopic (exact) mass is 655 g/mol. The zero-order chi connectivity index (χ0) is 32.5. The van der Waals surface area contributed by atoms with Gasteiger partial charge in [-0.2, -0.15) is 26.3 Å². The van der Waals surface area contributed by atoms with Crippen molar-refractivity contribution in [3.8, 4) is 5.75 Å². The number of hydrogen-bond donors (Lipinski definition) is 1. The van der Waals surface area contributed by atoms with Gasteiger partial charge in [0.1, 0.15) is 16.3 Å². The van der Waals surface area contributed by atoms with Gasteiger partial charge < -0.3 is 14.7 Å². The Labute approximate surface area is 245 Å². The molecule has 4 unspecified atom stereocenters. The topological polar surface area (TPSA) is 101 Å². The van der Waals surface area contributed by atoms with E-state index < -0.39 is 90.9 Å². The molecule has 0 bridgehead atoms. The van der Waals surface area contributed by atoms with E-state index in [4.69, 9.17) is 4.74 Å². The van der Waals surface area contributed by atoms with Crippen LogP contribution in [0.15, 0.2) is 47.4 Å². The van der Waals surface area contributed by atoms with Crippen LogP contribution in [-0.4, -0.2) is 62.3 Å². The average Bonchev–Trinajstić information content (AvgIpc) is 3.45. The van der Waals surface area contributed by atoms with Gasteiger partial charge in [0.05, 0.1) is 17.4 Å². The number of aliphatic carboxylic acids is 1. The smallest absolute Gasteiger partial charge is 0.435 e. The molecule has 44 heavy (non-hydrogen) atoms. The number of piperidine rings is 1. The summed E-state index contributed by atoms with van der Waals surface area (Å²) in [5.74, 6) is -5.41. The van der Waals surface area contributed by atoms with Gasteiger partial charge in [0.25, 0.3) is 0 Å². The van der Waals surface area contributed by atoms with E-state index in [-0.39, 0.29) is 50.0 Å². The van der Waals surface area contributed by atoms with Crippen LogP contribution >= 0.6 is 0 Å². The zero-order valence-corrected chi connectivity index (χ0v) is 23.4. The van der Waals surface area contributed by atoms with Gasteiger partial charge in [-0.3, -0.25) is 9.59 Å². The van der Waals surface area contributed by atoms with E-state index in [0.29, 0.717) is 12.5 Å². The largest absolute Gasteiger partial charge is 0.493 e. The van der Waals surface area contributed by atoms with Gasteiger partial charge in [0.2, 0.25) is 5.91 Å². The number of rotatable bonds is 5. The lowest BCUT2D eigenvalue weighted by molar-refractivity contribution is -0.348. The van der Waals surface area contributed by atoms with Crippen molar-refractivity contribution in [2.45, 2.75) is 53.3 Å². The summed E-state index contributed by atoms with van der Waals surface area (Å²) in [4.78, 5) is 25.7. The highest BCUT2D eigenvalue weighted by atomic mass is 32.2. The Balaban J connectivity index is 1.59. The van der Waals surface area contributed by atoms with Gasteiger partial charge in [-0.1, -0.05) is 12.1 Å². The molecule has 3 aliphatic rings. The minimum absolute atomic E-state index is 0.0832. The Bertz CT molecular complexity index is 1560. The van der Waals surface area contributed by atoms with Crippen molar-refractivity contribution in [2.75, 3.05) is 19.7 Å². The third-order valence-corrected chi connectivity index (χ3v) is 11.6. The van der Waals surface area contributed by atoms with Crippen LogP contribution in [0.5, 0.6) is 5.75 Å². The number of likely N-dealkylation sites (tertiary alicyclic amines) is 1. The average molecular weight is 656 g/mol. The molecule has 1 N–H and O–H groups in total. The van der Waals surface area contributed by atoms with Gasteiger partial charge in [-0.05, 0) is 56.0 Å². The molecular formula is C28H25F8NO6S. The third kappa shape index (κ3) is 4.79. The number of carboxylic acids is 1. The summed E-state index contributed by atoms with van der Waals surface area (Å²) in [5, 5.41) is 9.30. The fourth-order valence-electron chi connectivity index (χ4n) is 6.65. The maximum atomic E-state index is 14.9. The molecule has 2 heterocycles. The molecule has 7 nitrogen and oxygen atoms in total.